The van der Waals surface area contributed by atoms with Crippen LogP contribution in [-0.2, 0) is 6.54 Å². The van der Waals surface area contributed by atoms with Crippen LogP contribution in [0, 0.1) is 0 Å². The number of pyridine rings is 1. The molecule has 1 heterocycles. The monoisotopic (exact) mass is 256 g/mol. The van der Waals surface area contributed by atoms with Crippen LogP contribution in [0.3, 0.4) is 0 Å². The number of nitrogens with zero attached hydrogens (tertiary/aromatic N) is 1. The maximum absolute atomic E-state index is 6.08. The highest BCUT2D eigenvalue weighted by Gasteiger charge is 2.04. The minimum Gasteiger partial charge on any atom is -0.478 e. The Morgan fingerprint density at radius 2 is 2.12 bits per heavy atom. The predicted molar refractivity (Wildman–Crippen MR) is 71.6 cm³/mol. The molecule has 4 heteroatoms. The molecule has 0 atom stereocenters. The maximum Gasteiger partial charge on any atom is 0.213 e. The molecule has 0 aliphatic heterocycles. The Balaban J connectivity index is 2.53. The summed E-state index contributed by atoms with van der Waals surface area (Å²) in [7, 11) is 0. The molecule has 0 fully saturated rings. The van der Waals surface area contributed by atoms with E-state index in [-0.39, 0.29) is 0 Å². The average Bonchev–Trinajstić information content (AvgIpc) is 2.33. The summed E-state index contributed by atoms with van der Waals surface area (Å²) in [5.74, 6) is 0.663. The van der Waals surface area contributed by atoms with Crippen LogP contribution in [0.15, 0.2) is 12.1 Å². The highest BCUT2D eigenvalue weighted by Crippen LogP contribution is 2.18. The molecular formula is C13H21ClN2O. The molecule has 0 spiro atoms. The van der Waals surface area contributed by atoms with Crippen LogP contribution in [0.2, 0.25) is 5.02 Å². The molecule has 0 radical (unpaired) electrons. The molecule has 17 heavy (non-hydrogen) atoms. The van der Waals surface area contributed by atoms with E-state index in [4.69, 9.17) is 16.3 Å². The van der Waals surface area contributed by atoms with Crippen molar-refractivity contribution >= 4 is 11.6 Å². The quantitative estimate of drug-likeness (QED) is 0.724. The highest BCUT2D eigenvalue weighted by atomic mass is 35.5. The zero-order chi connectivity index (χ0) is 12.5. The molecule has 0 amide bonds. The van der Waals surface area contributed by atoms with Crippen LogP contribution in [0.1, 0.15) is 38.8 Å². The van der Waals surface area contributed by atoms with Gasteiger partial charge in [-0.1, -0.05) is 31.9 Å². The van der Waals surface area contributed by atoms with Crippen LogP contribution in [0.25, 0.3) is 0 Å². The van der Waals surface area contributed by atoms with Crippen LogP contribution in [0.4, 0.5) is 0 Å². The van der Waals surface area contributed by atoms with Crippen molar-refractivity contribution in [1.82, 2.24) is 10.3 Å². The van der Waals surface area contributed by atoms with E-state index in [1.54, 1.807) is 0 Å². The van der Waals surface area contributed by atoms with Crippen LogP contribution in [-0.4, -0.2) is 18.1 Å². The SMILES string of the molecule is CCCCOc1ccc(Cl)c(CNCCC)n1. The minimum absolute atomic E-state index is 0.663. The lowest BCUT2D eigenvalue weighted by Crippen LogP contribution is -2.15. The van der Waals surface area contributed by atoms with Crippen LogP contribution >= 0.6 is 11.6 Å². The Bertz CT molecular complexity index is 331. The molecule has 0 saturated heterocycles. The van der Waals surface area contributed by atoms with E-state index in [0.717, 1.165) is 31.5 Å². The Morgan fingerprint density at radius 3 is 2.82 bits per heavy atom. The molecule has 3 nitrogen and oxygen atoms in total. The number of hydrogen-bond acceptors (Lipinski definition) is 3. The fourth-order valence-electron chi connectivity index (χ4n) is 1.37. The number of unbranched alkanes of at least 4 members (excludes halogenated alkanes) is 1. The first-order valence-electron chi connectivity index (χ1n) is 6.26. The number of nitrogens with one attached hydrogen (secondary N) is 1. The zero-order valence-electron chi connectivity index (χ0n) is 10.6. The molecule has 1 N–H and O–H groups in total. The van der Waals surface area contributed by atoms with Gasteiger partial charge in [0.2, 0.25) is 5.88 Å². The largest absolute Gasteiger partial charge is 0.478 e. The summed E-state index contributed by atoms with van der Waals surface area (Å²) < 4.78 is 5.55. The Kier molecular flexibility index (Phi) is 6.97. The second-order valence-electron chi connectivity index (χ2n) is 3.96. The zero-order valence-corrected chi connectivity index (χ0v) is 11.4. The standard InChI is InChI=1S/C13H21ClN2O/c1-3-5-9-17-13-7-6-11(14)12(16-13)10-15-8-4-2/h6-7,15H,3-5,8-10H2,1-2H3. The molecule has 0 aliphatic carbocycles. The number of rotatable bonds is 8. The van der Waals surface area contributed by atoms with Gasteiger partial charge in [-0.25, -0.2) is 4.98 Å². The molecule has 1 rings (SSSR count). The topological polar surface area (TPSA) is 34.1 Å². The van der Waals surface area contributed by atoms with Crippen molar-refractivity contribution in [3.63, 3.8) is 0 Å². The summed E-state index contributed by atoms with van der Waals surface area (Å²) in [6, 6.07) is 3.67. The van der Waals surface area contributed by atoms with Crippen molar-refractivity contribution in [2.45, 2.75) is 39.7 Å². The molecular weight excluding hydrogens is 236 g/mol. The first kappa shape index (κ1) is 14.3. The van der Waals surface area contributed by atoms with Gasteiger partial charge < -0.3 is 10.1 Å². The number of ether oxygens (including phenoxy) is 1. The smallest absolute Gasteiger partial charge is 0.213 e. The Labute approximate surface area is 109 Å². The molecule has 0 bridgehead atoms. The van der Waals surface area contributed by atoms with Gasteiger partial charge in [0, 0.05) is 12.6 Å². The summed E-state index contributed by atoms with van der Waals surface area (Å²) in [5, 5.41) is 3.98. The van der Waals surface area contributed by atoms with Crippen molar-refractivity contribution in [1.29, 1.82) is 0 Å². The van der Waals surface area contributed by atoms with Crippen molar-refractivity contribution in [3.05, 3.63) is 22.8 Å². The summed E-state index contributed by atoms with van der Waals surface area (Å²) in [4.78, 5) is 4.40. The third-order valence-corrected chi connectivity index (χ3v) is 2.70. The van der Waals surface area contributed by atoms with Gasteiger partial charge >= 0.3 is 0 Å². The summed E-state index contributed by atoms with van der Waals surface area (Å²) in [5.41, 5.74) is 0.856. The van der Waals surface area contributed by atoms with Crippen molar-refractivity contribution in [2.75, 3.05) is 13.2 Å². The molecule has 1 aromatic rings. The van der Waals surface area contributed by atoms with Gasteiger partial charge in [-0.2, -0.15) is 0 Å². The van der Waals surface area contributed by atoms with E-state index in [1.807, 2.05) is 12.1 Å². The first-order chi connectivity index (χ1) is 8.27. The van der Waals surface area contributed by atoms with Gasteiger partial charge in [-0.05, 0) is 25.5 Å². The number of hydrogen-bond donors (Lipinski definition) is 1. The van der Waals surface area contributed by atoms with Gasteiger partial charge in [0.1, 0.15) is 0 Å². The van der Waals surface area contributed by atoms with Gasteiger partial charge in [0.25, 0.3) is 0 Å². The summed E-state index contributed by atoms with van der Waals surface area (Å²) >= 11 is 6.08. The van der Waals surface area contributed by atoms with E-state index in [9.17, 15) is 0 Å². The lowest BCUT2D eigenvalue weighted by molar-refractivity contribution is 0.297. The normalized spacial score (nSPS) is 10.5. The Hall–Kier alpha value is -0.800. The van der Waals surface area contributed by atoms with E-state index in [2.05, 4.69) is 24.1 Å². The fourth-order valence-corrected chi connectivity index (χ4v) is 1.55. The van der Waals surface area contributed by atoms with Crippen molar-refractivity contribution in [3.8, 4) is 5.88 Å². The average molecular weight is 257 g/mol. The maximum atomic E-state index is 6.08. The molecule has 0 unspecified atom stereocenters. The van der Waals surface area contributed by atoms with Crippen LogP contribution in [0.5, 0.6) is 5.88 Å². The molecule has 0 aliphatic rings. The van der Waals surface area contributed by atoms with Gasteiger partial charge in [0.05, 0.1) is 17.3 Å². The molecule has 96 valence electrons. The third-order valence-electron chi connectivity index (χ3n) is 2.36. The Morgan fingerprint density at radius 1 is 1.29 bits per heavy atom. The first-order valence-corrected chi connectivity index (χ1v) is 6.64. The van der Waals surface area contributed by atoms with Gasteiger partial charge in [0.15, 0.2) is 0 Å². The van der Waals surface area contributed by atoms with E-state index < -0.39 is 0 Å². The minimum atomic E-state index is 0.663. The van der Waals surface area contributed by atoms with Gasteiger partial charge in [-0.3, -0.25) is 0 Å². The second-order valence-corrected chi connectivity index (χ2v) is 4.36. The van der Waals surface area contributed by atoms with E-state index in [0.29, 0.717) is 24.1 Å². The molecule has 0 aromatic carbocycles. The van der Waals surface area contributed by atoms with E-state index in [1.165, 1.54) is 0 Å². The van der Waals surface area contributed by atoms with E-state index >= 15 is 0 Å². The lowest BCUT2D eigenvalue weighted by atomic mass is 10.3. The van der Waals surface area contributed by atoms with Crippen LogP contribution < -0.4 is 10.1 Å². The van der Waals surface area contributed by atoms with Crippen molar-refractivity contribution < 1.29 is 4.74 Å². The summed E-state index contributed by atoms with van der Waals surface area (Å²) in [6.45, 7) is 6.65. The number of aromatic nitrogens is 1. The second kappa shape index (κ2) is 8.31. The fraction of sp³-hybridized carbons (Fsp3) is 0.615. The lowest BCUT2D eigenvalue weighted by Gasteiger charge is -2.08. The predicted octanol–water partition coefficient (Wildman–Crippen LogP) is 3.41. The van der Waals surface area contributed by atoms with Gasteiger partial charge in [-0.15, -0.1) is 0 Å². The highest BCUT2D eigenvalue weighted by molar-refractivity contribution is 6.31. The third kappa shape index (κ3) is 5.37. The molecule has 1 aromatic heterocycles. The summed E-state index contributed by atoms with van der Waals surface area (Å²) in [6.07, 6.45) is 3.27. The van der Waals surface area contributed by atoms with Crippen molar-refractivity contribution in [2.24, 2.45) is 0 Å². The number of halogens is 1. The molecule has 0 saturated carbocycles.